The summed E-state index contributed by atoms with van der Waals surface area (Å²) in [5.41, 5.74) is 6.46. The van der Waals surface area contributed by atoms with E-state index in [-0.39, 0.29) is 5.70 Å². The van der Waals surface area contributed by atoms with Gasteiger partial charge < -0.3 is 10.4 Å². The molecular weight excluding hydrogens is 362 g/mol. The van der Waals surface area contributed by atoms with E-state index in [0.29, 0.717) is 23.5 Å². The number of β-lactam (4-membered cyclic amide) rings is 1. The number of carboxylic acid groups (broad SMARTS) is 1. The molecule has 0 aromatic carbocycles. The number of carboxylic acids is 1. The first-order chi connectivity index (χ1) is 11.0. The predicted octanol–water partition coefficient (Wildman–Crippen LogP) is -0.715. The van der Waals surface area contributed by atoms with Crippen LogP contribution in [-0.2, 0) is 14.4 Å². The Morgan fingerprint density at radius 3 is 3.09 bits per heavy atom. The minimum Gasteiger partial charge on any atom is -0.477 e. The van der Waals surface area contributed by atoms with Crippen molar-refractivity contribution in [2.24, 2.45) is 5.73 Å². The van der Waals surface area contributed by atoms with Crippen LogP contribution in [0.3, 0.4) is 0 Å². The van der Waals surface area contributed by atoms with E-state index in [1.165, 1.54) is 34.9 Å². The van der Waals surface area contributed by atoms with E-state index in [1.807, 2.05) is 0 Å². The zero-order valence-electron chi connectivity index (χ0n) is 11.5. The van der Waals surface area contributed by atoms with Gasteiger partial charge in [0.2, 0.25) is 12.1 Å². The fraction of sp³-hybridized carbons (Fsp3) is 0.364. The van der Waals surface area contributed by atoms with Crippen LogP contribution < -0.4 is 11.1 Å². The number of amides is 2. The van der Waals surface area contributed by atoms with Crippen molar-refractivity contribution in [3.05, 3.63) is 16.8 Å². The summed E-state index contributed by atoms with van der Waals surface area (Å²) in [6.07, 6.45) is 0.348. The van der Waals surface area contributed by atoms with Crippen molar-refractivity contribution in [1.82, 2.24) is 20.4 Å². The fourth-order valence-corrected chi connectivity index (χ4v) is 5.37. The molecule has 2 aliphatic heterocycles. The van der Waals surface area contributed by atoms with Gasteiger partial charge in [0.15, 0.2) is 4.34 Å². The van der Waals surface area contributed by atoms with Crippen molar-refractivity contribution in [3.8, 4) is 0 Å². The average molecular weight is 373 g/mol. The number of fused-ring (bicyclic) bond motifs is 1. The molecule has 0 saturated carbocycles. The van der Waals surface area contributed by atoms with Gasteiger partial charge in [-0.05, 0) is 5.57 Å². The zero-order valence-corrected chi connectivity index (χ0v) is 13.9. The smallest absolute Gasteiger partial charge is 0.352 e. The monoisotopic (exact) mass is 373 g/mol. The molecule has 9 nitrogen and oxygen atoms in total. The van der Waals surface area contributed by atoms with Crippen LogP contribution in [-0.4, -0.2) is 61.0 Å². The van der Waals surface area contributed by atoms with Gasteiger partial charge in [-0.25, -0.2) is 4.79 Å². The molecule has 2 aliphatic rings. The van der Waals surface area contributed by atoms with Crippen LogP contribution in [0.25, 0.3) is 0 Å². The quantitative estimate of drug-likeness (QED) is 0.255. The van der Waals surface area contributed by atoms with Gasteiger partial charge in [-0.15, -0.1) is 22.0 Å². The lowest BCUT2D eigenvalue weighted by molar-refractivity contribution is -0.157. The van der Waals surface area contributed by atoms with Crippen LogP contribution in [0.15, 0.2) is 21.1 Å². The number of hydrogen-bond acceptors (Lipinski definition) is 9. The van der Waals surface area contributed by atoms with E-state index in [0.717, 1.165) is 9.24 Å². The Hall–Kier alpha value is -1.63. The van der Waals surface area contributed by atoms with Gasteiger partial charge >= 0.3 is 5.97 Å². The highest BCUT2D eigenvalue weighted by molar-refractivity contribution is 8.01. The predicted molar refractivity (Wildman–Crippen MR) is 84.5 cm³/mol. The molecule has 0 radical (unpaired) electrons. The second-order valence-electron chi connectivity index (χ2n) is 4.72. The van der Waals surface area contributed by atoms with E-state index in [2.05, 4.69) is 15.5 Å². The van der Waals surface area contributed by atoms with Gasteiger partial charge in [0.05, 0.1) is 0 Å². The van der Waals surface area contributed by atoms with Crippen molar-refractivity contribution in [3.63, 3.8) is 0 Å². The molecule has 12 heteroatoms. The fourth-order valence-electron chi connectivity index (χ4n) is 2.36. The molecule has 1 aromatic rings. The first-order valence-electron chi connectivity index (χ1n) is 6.28. The van der Waals surface area contributed by atoms with E-state index in [1.54, 1.807) is 5.51 Å². The summed E-state index contributed by atoms with van der Waals surface area (Å²) >= 11 is 4.04. The molecule has 2 amide bonds. The van der Waals surface area contributed by atoms with Crippen LogP contribution in [0, 0.1) is 0 Å². The second kappa shape index (κ2) is 6.11. The number of nitrogens with one attached hydrogen (secondary N) is 1. The molecule has 1 fully saturated rings. The number of carbonyl (C=O) groups is 3. The normalized spacial score (nSPS) is 26.6. The summed E-state index contributed by atoms with van der Waals surface area (Å²) in [5.74, 6) is -1.03. The summed E-state index contributed by atoms with van der Waals surface area (Å²) in [6, 6.07) is 0. The summed E-state index contributed by atoms with van der Waals surface area (Å²) < 4.78 is 0.722. The SMILES string of the molecule is NC1(NC=O)C(=O)N2C(C(=O)O)=C(CSc3nncs3)CS[C@@H]21. The molecular formula is C11H11N5O4S3. The molecule has 2 atom stereocenters. The Morgan fingerprint density at radius 1 is 1.70 bits per heavy atom. The molecule has 1 saturated heterocycles. The maximum absolute atomic E-state index is 12.2. The van der Waals surface area contributed by atoms with E-state index < -0.39 is 22.9 Å². The van der Waals surface area contributed by atoms with Gasteiger partial charge in [0.1, 0.15) is 16.6 Å². The highest BCUT2D eigenvalue weighted by Crippen LogP contribution is 2.44. The van der Waals surface area contributed by atoms with Gasteiger partial charge in [-0.3, -0.25) is 20.2 Å². The maximum Gasteiger partial charge on any atom is 0.352 e. The molecule has 1 unspecified atom stereocenters. The van der Waals surface area contributed by atoms with Crippen LogP contribution in [0.1, 0.15) is 0 Å². The average Bonchev–Trinajstić information content (AvgIpc) is 3.05. The van der Waals surface area contributed by atoms with E-state index in [9.17, 15) is 19.5 Å². The number of carbonyl (C=O) groups excluding carboxylic acids is 2. The van der Waals surface area contributed by atoms with Gasteiger partial charge in [-0.1, -0.05) is 23.1 Å². The molecule has 0 aliphatic carbocycles. The third-order valence-corrected chi connectivity index (χ3v) is 6.76. The van der Waals surface area contributed by atoms with E-state index in [4.69, 9.17) is 5.73 Å². The number of thioether (sulfide) groups is 2. The largest absolute Gasteiger partial charge is 0.477 e. The Morgan fingerprint density at radius 2 is 2.48 bits per heavy atom. The molecule has 0 spiro atoms. The number of nitrogens with two attached hydrogens (primary N) is 1. The number of hydrogen-bond donors (Lipinski definition) is 3. The van der Waals surface area contributed by atoms with Crippen LogP contribution >= 0.6 is 34.9 Å². The Bertz CT molecular complexity index is 694. The van der Waals surface area contributed by atoms with E-state index >= 15 is 0 Å². The molecule has 0 bridgehead atoms. The Labute approximate surface area is 142 Å². The molecule has 3 rings (SSSR count). The Kier molecular flexibility index (Phi) is 4.31. The zero-order chi connectivity index (χ0) is 16.6. The van der Waals surface area contributed by atoms with Crippen molar-refractivity contribution in [2.75, 3.05) is 11.5 Å². The van der Waals surface area contributed by atoms with Crippen molar-refractivity contribution in [1.29, 1.82) is 0 Å². The highest BCUT2D eigenvalue weighted by atomic mass is 32.2. The van der Waals surface area contributed by atoms with Crippen LogP contribution in [0.4, 0.5) is 0 Å². The lowest BCUT2D eigenvalue weighted by atomic mass is 9.97. The van der Waals surface area contributed by atoms with Gasteiger partial charge in [-0.2, -0.15) is 0 Å². The molecule has 122 valence electrons. The van der Waals surface area contributed by atoms with Crippen LogP contribution in [0.5, 0.6) is 0 Å². The lowest BCUT2D eigenvalue weighted by Crippen LogP contribution is -2.83. The molecule has 23 heavy (non-hydrogen) atoms. The van der Waals surface area contributed by atoms with Gasteiger partial charge in [0, 0.05) is 11.5 Å². The summed E-state index contributed by atoms with van der Waals surface area (Å²) in [4.78, 5) is 35.6. The number of aliphatic carboxylic acids is 1. The van der Waals surface area contributed by atoms with Crippen LogP contribution in [0.2, 0.25) is 0 Å². The lowest BCUT2D eigenvalue weighted by Gasteiger charge is -2.54. The number of rotatable bonds is 6. The minimum absolute atomic E-state index is 0.0652. The topological polar surface area (TPSA) is 139 Å². The third-order valence-electron chi connectivity index (χ3n) is 3.40. The molecule has 4 N–H and O–H groups in total. The molecule has 1 aromatic heterocycles. The highest BCUT2D eigenvalue weighted by Gasteiger charge is 2.62. The van der Waals surface area contributed by atoms with Crippen molar-refractivity contribution >= 4 is 53.1 Å². The third kappa shape index (κ3) is 2.60. The van der Waals surface area contributed by atoms with Crippen molar-refractivity contribution < 1.29 is 19.5 Å². The summed E-state index contributed by atoms with van der Waals surface area (Å²) in [7, 11) is 0. The summed E-state index contributed by atoms with van der Waals surface area (Å²) in [6.45, 7) is 0. The second-order valence-corrected chi connectivity index (χ2v) is 7.84. The minimum atomic E-state index is -1.55. The first kappa shape index (κ1) is 16.2. The van der Waals surface area contributed by atoms with Crippen molar-refractivity contribution in [2.45, 2.75) is 15.4 Å². The maximum atomic E-state index is 12.2. The molecule has 3 heterocycles. The number of aromatic nitrogens is 2. The standard InChI is InChI=1S/C11H11N5O4S3/c12-11(13-3-17)8(20)16-6(7(18)19)5(1-21-9(11)16)2-22-10-15-14-4-23-10/h3-4,9H,1-2,12H2,(H,13,17)(H,18,19)/t9-,11?/m1/s1. The Balaban J connectivity index is 1.84. The summed E-state index contributed by atoms with van der Waals surface area (Å²) in [5, 5.41) is 18.7. The first-order valence-corrected chi connectivity index (χ1v) is 9.20. The number of nitrogens with zero attached hydrogens (tertiary/aromatic N) is 3. The van der Waals surface area contributed by atoms with Gasteiger partial charge in [0.25, 0.3) is 5.91 Å².